The van der Waals surface area contributed by atoms with Crippen molar-refractivity contribution >= 4 is 40.3 Å². The van der Waals surface area contributed by atoms with Crippen molar-refractivity contribution in [3.8, 4) is 5.88 Å². The van der Waals surface area contributed by atoms with E-state index in [1.54, 1.807) is 6.21 Å². The van der Waals surface area contributed by atoms with E-state index in [1.807, 2.05) is 18.0 Å². The number of morpholine rings is 1. The van der Waals surface area contributed by atoms with E-state index in [0.717, 1.165) is 70.8 Å². The van der Waals surface area contributed by atoms with Gasteiger partial charge in [-0.15, -0.1) is 0 Å². The minimum absolute atomic E-state index is 0.00378. The summed E-state index contributed by atoms with van der Waals surface area (Å²) >= 11 is 0. The molecule has 0 unspecified atom stereocenters. The molecule has 0 atom stereocenters. The van der Waals surface area contributed by atoms with Crippen LogP contribution in [0.25, 0.3) is 11.0 Å². The largest absolute Gasteiger partial charge is 0.494 e. The molecule has 214 valence electrons. The van der Waals surface area contributed by atoms with Crippen LogP contribution in [-0.2, 0) is 16.1 Å². The maximum atomic E-state index is 12.6. The molecule has 0 spiro atoms. The van der Waals surface area contributed by atoms with Crippen LogP contribution in [0.5, 0.6) is 5.88 Å². The summed E-state index contributed by atoms with van der Waals surface area (Å²) in [6.45, 7) is 6.21. The van der Waals surface area contributed by atoms with Gasteiger partial charge < -0.3 is 34.8 Å². The molecule has 0 saturated carbocycles. The van der Waals surface area contributed by atoms with E-state index in [1.165, 1.54) is 17.6 Å². The highest BCUT2D eigenvalue weighted by Crippen LogP contribution is 2.31. The Bertz CT molecular complexity index is 1330. The van der Waals surface area contributed by atoms with E-state index in [-0.39, 0.29) is 11.8 Å². The molecule has 1 aromatic carbocycles. The van der Waals surface area contributed by atoms with Crippen LogP contribution in [0.1, 0.15) is 43.2 Å². The molecule has 1 saturated heterocycles. The molecule has 5 rings (SSSR count). The Morgan fingerprint density at radius 1 is 1.00 bits per heavy atom. The summed E-state index contributed by atoms with van der Waals surface area (Å²) in [4.78, 5) is 35.6. The van der Waals surface area contributed by atoms with Gasteiger partial charge in [0.1, 0.15) is 17.8 Å². The number of aromatic amines is 1. The van der Waals surface area contributed by atoms with Gasteiger partial charge in [0.05, 0.1) is 29.9 Å². The van der Waals surface area contributed by atoms with E-state index in [2.05, 4.69) is 49.2 Å². The lowest BCUT2D eigenvalue weighted by atomic mass is 10.1. The molecule has 3 N–H and O–H groups in total. The number of carbonyl (C=O) groups is 1. The number of aromatic hydroxyl groups is 1. The van der Waals surface area contributed by atoms with Crippen LogP contribution in [-0.4, -0.2) is 102 Å². The number of H-pyrrole nitrogens is 1. The van der Waals surface area contributed by atoms with E-state index in [4.69, 9.17) is 9.73 Å². The van der Waals surface area contributed by atoms with Gasteiger partial charge in [-0.05, 0) is 56.6 Å². The van der Waals surface area contributed by atoms with Crippen molar-refractivity contribution in [1.82, 2.24) is 24.8 Å². The minimum Gasteiger partial charge on any atom is -0.494 e. The normalized spacial score (nSPS) is 18.9. The maximum absolute atomic E-state index is 12.6. The van der Waals surface area contributed by atoms with Crippen molar-refractivity contribution < 1.29 is 14.6 Å². The summed E-state index contributed by atoms with van der Waals surface area (Å²) in [6.07, 6.45) is 7.46. The highest BCUT2D eigenvalue weighted by molar-refractivity contribution is 6.06. The number of ether oxygens (including phenoxy) is 1. The van der Waals surface area contributed by atoms with Crippen molar-refractivity contribution in [2.45, 2.75) is 38.6 Å². The third-order valence-corrected chi connectivity index (χ3v) is 7.63. The highest BCUT2D eigenvalue weighted by Gasteiger charge is 2.18. The second-order valence-electron chi connectivity index (χ2n) is 10.6. The van der Waals surface area contributed by atoms with Crippen LogP contribution in [0.3, 0.4) is 0 Å². The van der Waals surface area contributed by atoms with Crippen molar-refractivity contribution in [2.75, 3.05) is 70.2 Å². The summed E-state index contributed by atoms with van der Waals surface area (Å²) in [5, 5.41) is 14.8. The number of anilines is 2. The molecule has 11 nitrogen and oxygen atoms in total. The number of nitrogens with zero attached hydrogens (tertiary/aromatic N) is 6. The SMILES string of the molecule is CN1CCCCCC(=O)N(C)CCCNc2ncnc3[nH]c(O)c(c23)C=Nc2ccc(N3CCOCC3)c(c2)C1. The number of fused-ring (bicyclic) bond motifs is 2. The fourth-order valence-electron chi connectivity index (χ4n) is 5.37. The Balaban J connectivity index is 1.47. The molecule has 2 aromatic heterocycles. The third kappa shape index (κ3) is 6.71. The molecule has 11 heteroatoms. The summed E-state index contributed by atoms with van der Waals surface area (Å²) in [5.41, 5.74) is 4.29. The average molecular weight is 549 g/mol. The second-order valence-corrected chi connectivity index (χ2v) is 10.6. The Kier molecular flexibility index (Phi) is 9.12. The van der Waals surface area contributed by atoms with Crippen LogP contribution < -0.4 is 10.2 Å². The van der Waals surface area contributed by atoms with Gasteiger partial charge in [0.2, 0.25) is 5.91 Å². The number of amides is 1. The summed E-state index contributed by atoms with van der Waals surface area (Å²) in [6, 6.07) is 6.30. The standard InChI is InChI=1S/C29H40N8O3/c1-35-11-5-3-4-7-25(38)36(2)12-6-10-30-27-26-23(29(39)34-28(26)33-20-32-27)18-31-22-8-9-24(21(17-22)19-35)37-13-15-40-16-14-37/h8-9,17-18,20,39H,3-7,10-16,19H2,1-2H3,(H2,30,32,33,34). The van der Waals surface area contributed by atoms with Crippen LogP contribution in [0.2, 0.25) is 0 Å². The topological polar surface area (TPSA) is 122 Å². The number of benzene rings is 1. The molecular formula is C29H40N8O3. The van der Waals surface area contributed by atoms with Gasteiger partial charge in [0.15, 0.2) is 5.88 Å². The van der Waals surface area contributed by atoms with E-state index in [9.17, 15) is 9.90 Å². The van der Waals surface area contributed by atoms with Crippen molar-refractivity contribution in [2.24, 2.45) is 4.99 Å². The predicted molar refractivity (Wildman–Crippen MR) is 158 cm³/mol. The molecule has 2 bridgehead atoms. The third-order valence-electron chi connectivity index (χ3n) is 7.63. The lowest BCUT2D eigenvalue weighted by Gasteiger charge is -2.31. The quantitative estimate of drug-likeness (QED) is 0.422. The first-order valence-electron chi connectivity index (χ1n) is 14.2. The van der Waals surface area contributed by atoms with Gasteiger partial charge in [0.25, 0.3) is 0 Å². The zero-order valence-corrected chi connectivity index (χ0v) is 23.5. The van der Waals surface area contributed by atoms with E-state index < -0.39 is 0 Å². The van der Waals surface area contributed by atoms with Crippen LogP contribution in [0, 0.1) is 0 Å². The molecule has 1 fully saturated rings. The highest BCUT2D eigenvalue weighted by atomic mass is 16.5. The van der Waals surface area contributed by atoms with Crippen molar-refractivity contribution in [3.05, 3.63) is 35.7 Å². The van der Waals surface area contributed by atoms with Gasteiger partial charge in [-0.1, -0.05) is 6.42 Å². The fraction of sp³-hybridized carbons (Fsp3) is 0.517. The maximum Gasteiger partial charge on any atom is 0.222 e. The molecular weight excluding hydrogens is 508 g/mol. The Labute approximate surface area is 235 Å². The molecule has 0 aliphatic carbocycles. The number of carbonyl (C=O) groups excluding carboxylic acids is 1. The van der Waals surface area contributed by atoms with Crippen molar-refractivity contribution in [3.63, 3.8) is 0 Å². The summed E-state index contributed by atoms with van der Waals surface area (Å²) in [7, 11) is 4.01. The Morgan fingerprint density at radius 2 is 1.85 bits per heavy atom. The number of aromatic nitrogens is 3. The molecule has 40 heavy (non-hydrogen) atoms. The number of hydrogen-bond acceptors (Lipinski definition) is 9. The zero-order chi connectivity index (χ0) is 27.9. The fourth-order valence-corrected chi connectivity index (χ4v) is 5.37. The first-order valence-corrected chi connectivity index (χ1v) is 14.2. The molecule has 2 aliphatic rings. The summed E-state index contributed by atoms with van der Waals surface area (Å²) < 4.78 is 5.59. The summed E-state index contributed by atoms with van der Waals surface area (Å²) in [5.74, 6) is 0.800. The molecule has 2 aliphatic heterocycles. The number of rotatable bonds is 1. The van der Waals surface area contributed by atoms with Gasteiger partial charge in [-0.2, -0.15) is 0 Å². The van der Waals surface area contributed by atoms with Crippen molar-refractivity contribution in [1.29, 1.82) is 0 Å². The Hall–Kier alpha value is -3.70. The van der Waals surface area contributed by atoms with Crippen LogP contribution in [0.4, 0.5) is 17.2 Å². The zero-order valence-electron chi connectivity index (χ0n) is 23.5. The molecule has 3 aromatic rings. The average Bonchev–Trinajstić information content (AvgIpc) is 3.29. The van der Waals surface area contributed by atoms with Gasteiger partial charge >= 0.3 is 0 Å². The smallest absolute Gasteiger partial charge is 0.222 e. The van der Waals surface area contributed by atoms with E-state index >= 15 is 0 Å². The molecule has 4 heterocycles. The lowest BCUT2D eigenvalue weighted by molar-refractivity contribution is -0.130. The van der Waals surface area contributed by atoms with E-state index in [0.29, 0.717) is 41.9 Å². The number of aliphatic imine (C=N–C) groups is 1. The Morgan fingerprint density at radius 3 is 2.70 bits per heavy atom. The molecule has 1 amide bonds. The predicted octanol–water partition coefficient (Wildman–Crippen LogP) is 3.52. The number of nitrogens with one attached hydrogen (secondary N) is 2. The van der Waals surface area contributed by atoms with Crippen LogP contribution >= 0.6 is 0 Å². The first kappa shape index (κ1) is 27.9. The van der Waals surface area contributed by atoms with Crippen LogP contribution in [0.15, 0.2) is 29.5 Å². The monoisotopic (exact) mass is 548 g/mol. The first-order chi connectivity index (χ1) is 19.5. The lowest BCUT2D eigenvalue weighted by Crippen LogP contribution is -2.37. The number of hydrogen-bond donors (Lipinski definition) is 3. The van der Waals surface area contributed by atoms with Gasteiger partial charge in [0, 0.05) is 58.1 Å². The van der Waals surface area contributed by atoms with Gasteiger partial charge in [-0.3, -0.25) is 9.79 Å². The van der Waals surface area contributed by atoms with Gasteiger partial charge in [-0.25, -0.2) is 9.97 Å². The molecule has 0 radical (unpaired) electrons. The second kappa shape index (κ2) is 13.1. The minimum atomic E-state index is -0.00378.